The summed E-state index contributed by atoms with van der Waals surface area (Å²) in [6.07, 6.45) is 3.62. The number of ketones is 1. The molecule has 0 amide bonds. The lowest BCUT2D eigenvalue weighted by molar-refractivity contribution is 0.102. The Hall–Kier alpha value is -1.53. The van der Waals surface area contributed by atoms with Crippen LogP contribution in [-0.2, 0) is 11.8 Å². The van der Waals surface area contributed by atoms with Gasteiger partial charge in [0, 0.05) is 43.5 Å². The van der Waals surface area contributed by atoms with Crippen LogP contribution in [0.25, 0.3) is 0 Å². The van der Waals surface area contributed by atoms with Crippen molar-refractivity contribution in [2.24, 2.45) is 7.05 Å². The second kappa shape index (κ2) is 7.15. The maximum atomic E-state index is 12.5. The van der Waals surface area contributed by atoms with Gasteiger partial charge in [-0.1, -0.05) is 11.8 Å². The van der Waals surface area contributed by atoms with Gasteiger partial charge in [-0.2, -0.15) is 0 Å². The highest BCUT2D eigenvalue weighted by Gasteiger charge is 2.19. The van der Waals surface area contributed by atoms with Crippen molar-refractivity contribution in [3.8, 4) is 0 Å². The number of nitrogens with zero attached hydrogens (tertiary/aromatic N) is 3. The van der Waals surface area contributed by atoms with Gasteiger partial charge in [0.15, 0.2) is 10.9 Å². The van der Waals surface area contributed by atoms with Gasteiger partial charge < -0.3 is 13.9 Å². The molecule has 0 bridgehead atoms. The van der Waals surface area contributed by atoms with E-state index in [1.165, 1.54) is 11.8 Å². The molecule has 0 aromatic carbocycles. The molecule has 0 spiro atoms. The quantitative estimate of drug-likeness (QED) is 0.581. The first kappa shape index (κ1) is 16.8. The highest BCUT2D eigenvalue weighted by molar-refractivity contribution is 7.99. The van der Waals surface area contributed by atoms with Gasteiger partial charge in [0.1, 0.15) is 0 Å². The van der Waals surface area contributed by atoms with Crippen molar-refractivity contribution in [3.05, 3.63) is 35.4 Å². The van der Waals surface area contributed by atoms with Gasteiger partial charge in [-0.15, -0.1) is 0 Å². The third-order valence-corrected chi connectivity index (χ3v) is 4.80. The molecule has 0 aliphatic rings. The first-order chi connectivity index (χ1) is 10.5. The van der Waals surface area contributed by atoms with Crippen LogP contribution in [0.3, 0.4) is 0 Å². The van der Waals surface area contributed by atoms with E-state index < -0.39 is 0 Å². The van der Waals surface area contributed by atoms with Crippen LogP contribution in [0.5, 0.6) is 0 Å². The molecule has 120 valence electrons. The van der Waals surface area contributed by atoms with E-state index in [-0.39, 0.29) is 11.8 Å². The van der Waals surface area contributed by atoms with Crippen LogP contribution in [0, 0.1) is 13.8 Å². The van der Waals surface area contributed by atoms with Crippen molar-refractivity contribution in [3.63, 3.8) is 0 Å². The van der Waals surface area contributed by atoms with Crippen LogP contribution in [0.2, 0.25) is 0 Å². The zero-order chi connectivity index (χ0) is 16.3. The van der Waals surface area contributed by atoms with Gasteiger partial charge >= 0.3 is 0 Å². The van der Waals surface area contributed by atoms with Crippen molar-refractivity contribution in [2.75, 3.05) is 19.5 Å². The molecular weight excluding hydrogens is 298 g/mol. The number of carbonyl (C=O) groups excluding carboxylic acids is 1. The fourth-order valence-corrected chi connectivity index (χ4v) is 3.57. The van der Waals surface area contributed by atoms with Crippen LogP contribution in [-0.4, -0.2) is 39.4 Å². The van der Waals surface area contributed by atoms with Crippen LogP contribution in [0.15, 0.2) is 23.6 Å². The summed E-state index contributed by atoms with van der Waals surface area (Å²) in [4.78, 5) is 16.7. The third kappa shape index (κ3) is 3.44. The topological polar surface area (TPSA) is 49.1 Å². The number of Topliss-reactive ketones (excluding diaryl/α,β-unsaturated/α-hetero) is 1. The van der Waals surface area contributed by atoms with Crippen molar-refractivity contribution < 1.29 is 9.53 Å². The van der Waals surface area contributed by atoms with Gasteiger partial charge in [-0.05, 0) is 26.8 Å². The molecule has 6 heteroatoms. The predicted molar refractivity (Wildman–Crippen MR) is 88.8 cm³/mol. The largest absolute Gasteiger partial charge is 0.383 e. The van der Waals surface area contributed by atoms with E-state index in [1.54, 1.807) is 13.3 Å². The van der Waals surface area contributed by atoms with E-state index in [0.717, 1.165) is 22.1 Å². The van der Waals surface area contributed by atoms with Crippen LogP contribution >= 0.6 is 11.8 Å². The number of carbonyl (C=O) groups is 1. The van der Waals surface area contributed by atoms with E-state index in [9.17, 15) is 4.79 Å². The lowest BCUT2D eigenvalue weighted by atomic mass is 10.2. The van der Waals surface area contributed by atoms with Gasteiger partial charge in [0.25, 0.3) is 0 Å². The molecule has 2 heterocycles. The van der Waals surface area contributed by atoms with E-state index in [4.69, 9.17) is 4.74 Å². The van der Waals surface area contributed by atoms with Crippen molar-refractivity contribution in [2.45, 2.75) is 32.0 Å². The molecule has 2 aromatic rings. The fraction of sp³-hybridized carbons (Fsp3) is 0.500. The summed E-state index contributed by atoms with van der Waals surface area (Å²) in [7, 11) is 3.62. The van der Waals surface area contributed by atoms with Gasteiger partial charge in [0.05, 0.1) is 18.4 Å². The Kier molecular flexibility index (Phi) is 5.47. The van der Waals surface area contributed by atoms with E-state index in [0.29, 0.717) is 12.4 Å². The molecule has 2 rings (SSSR count). The van der Waals surface area contributed by atoms with Crippen molar-refractivity contribution in [1.82, 2.24) is 14.1 Å². The summed E-state index contributed by atoms with van der Waals surface area (Å²) in [6.45, 7) is 6.76. The highest BCUT2D eigenvalue weighted by Crippen LogP contribution is 2.23. The second-order valence-corrected chi connectivity index (χ2v) is 6.43. The normalized spacial score (nSPS) is 12.6. The number of aromatic nitrogens is 3. The maximum absolute atomic E-state index is 12.5. The molecule has 0 aliphatic heterocycles. The molecule has 1 unspecified atom stereocenters. The number of methoxy groups -OCH3 is 1. The Bertz CT molecular complexity index is 660. The number of hydrogen-bond acceptors (Lipinski definition) is 4. The zero-order valence-electron chi connectivity index (χ0n) is 13.8. The summed E-state index contributed by atoms with van der Waals surface area (Å²) in [6, 6.07) is 2.19. The molecule has 2 aromatic heterocycles. The molecule has 1 atom stereocenters. The minimum absolute atomic E-state index is 0.136. The lowest BCUT2D eigenvalue weighted by Gasteiger charge is -2.17. The average Bonchev–Trinajstić information content (AvgIpc) is 3.00. The SMILES string of the molecule is COCC(C)n1c(C)cc(C(=O)CSc2nccn2C)c1C. The van der Waals surface area contributed by atoms with E-state index in [1.807, 2.05) is 37.7 Å². The smallest absolute Gasteiger partial charge is 0.175 e. The summed E-state index contributed by atoms with van der Waals surface area (Å²) in [5.74, 6) is 0.533. The Labute approximate surface area is 135 Å². The van der Waals surface area contributed by atoms with Crippen LogP contribution in [0.4, 0.5) is 0 Å². The maximum Gasteiger partial charge on any atom is 0.175 e. The van der Waals surface area contributed by atoms with E-state index in [2.05, 4.69) is 16.5 Å². The second-order valence-electron chi connectivity index (χ2n) is 5.49. The minimum Gasteiger partial charge on any atom is -0.383 e. The molecule has 22 heavy (non-hydrogen) atoms. The molecule has 0 radical (unpaired) electrons. The molecule has 0 saturated heterocycles. The Morgan fingerprint density at radius 3 is 2.77 bits per heavy atom. The molecule has 0 saturated carbocycles. The number of thioether (sulfide) groups is 1. The summed E-state index contributed by atoms with van der Waals surface area (Å²) >= 11 is 1.47. The first-order valence-corrected chi connectivity index (χ1v) is 8.25. The number of ether oxygens (including phenoxy) is 1. The number of imidazole rings is 1. The number of hydrogen-bond donors (Lipinski definition) is 0. The Morgan fingerprint density at radius 1 is 1.45 bits per heavy atom. The average molecular weight is 321 g/mol. The highest BCUT2D eigenvalue weighted by atomic mass is 32.2. The molecule has 0 fully saturated rings. The van der Waals surface area contributed by atoms with Crippen molar-refractivity contribution >= 4 is 17.5 Å². The first-order valence-electron chi connectivity index (χ1n) is 7.26. The summed E-state index contributed by atoms with van der Waals surface area (Å²) in [5.41, 5.74) is 2.89. The summed E-state index contributed by atoms with van der Waals surface area (Å²) in [5, 5.41) is 0.856. The molecular formula is C16H23N3O2S. The van der Waals surface area contributed by atoms with Gasteiger partial charge in [0.2, 0.25) is 0 Å². The van der Waals surface area contributed by atoms with Crippen molar-refractivity contribution in [1.29, 1.82) is 0 Å². The van der Waals surface area contributed by atoms with E-state index >= 15 is 0 Å². The Balaban J connectivity index is 2.13. The van der Waals surface area contributed by atoms with Crippen LogP contribution in [0.1, 0.15) is 34.7 Å². The monoisotopic (exact) mass is 321 g/mol. The van der Waals surface area contributed by atoms with Gasteiger partial charge in [-0.3, -0.25) is 4.79 Å². The zero-order valence-corrected chi connectivity index (χ0v) is 14.6. The predicted octanol–water partition coefficient (Wildman–Crippen LogP) is 3.02. The number of rotatable bonds is 7. The Morgan fingerprint density at radius 2 is 2.18 bits per heavy atom. The van der Waals surface area contributed by atoms with Crippen LogP contribution < -0.4 is 0 Å². The summed E-state index contributed by atoms with van der Waals surface area (Å²) < 4.78 is 9.31. The fourth-order valence-electron chi connectivity index (χ4n) is 2.75. The standard InChI is InChI=1S/C16H23N3O2S/c1-11-8-14(13(3)19(11)12(2)9-21-5)15(20)10-22-16-17-6-7-18(16)4/h6-8,12H,9-10H2,1-5H3. The molecule has 0 N–H and O–H groups in total. The lowest BCUT2D eigenvalue weighted by Crippen LogP contribution is -2.14. The van der Waals surface area contributed by atoms with Gasteiger partial charge in [-0.25, -0.2) is 4.98 Å². The minimum atomic E-state index is 0.136. The number of aryl methyl sites for hydroxylation is 2. The molecule has 5 nitrogen and oxygen atoms in total. The molecule has 0 aliphatic carbocycles. The third-order valence-electron chi connectivity index (χ3n) is 3.74.